The van der Waals surface area contributed by atoms with Crippen molar-refractivity contribution in [3.8, 4) is 0 Å². The standard InChI is InChI=1S/C17H30BN3O4/c1-15(2,3)23-14(22)20(8)11-12-21-13(9-10-19-21)18-24-16(4,5)17(6,7)25-18/h9-10H,11-12H2,1-8H3. The van der Waals surface area contributed by atoms with Crippen LogP contribution in [0.1, 0.15) is 48.5 Å². The topological polar surface area (TPSA) is 65.8 Å². The highest BCUT2D eigenvalue weighted by atomic mass is 16.7. The van der Waals surface area contributed by atoms with Gasteiger partial charge in [0.05, 0.1) is 23.3 Å². The number of likely N-dealkylation sites (N-methyl/N-ethyl adjacent to an activating group) is 1. The molecule has 2 rings (SSSR count). The molecule has 0 atom stereocenters. The molecule has 0 aromatic carbocycles. The largest absolute Gasteiger partial charge is 0.514 e. The molecule has 0 unspecified atom stereocenters. The van der Waals surface area contributed by atoms with E-state index in [0.717, 1.165) is 5.59 Å². The van der Waals surface area contributed by atoms with Crippen molar-refractivity contribution in [2.45, 2.75) is 71.8 Å². The second-order valence-electron chi connectivity index (χ2n) is 8.47. The van der Waals surface area contributed by atoms with Crippen LogP contribution in [-0.2, 0) is 20.6 Å². The third kappa shape index (κ3) is 4.55. The number of hydrogen-bond acceptors (Lipinski definition) is 5. The first kappa shape index (κ1) is 19.8. The summed E-state index contributed by atoms with van der Waals surface area (Å²) >= 11 is 0. The number of nitrogens with zero attached hydrogens (tertiary/aromatic N) is 3. The number of carbonyl (C=O) groups excluding carboxylic acids is 1. The lowest BCUT2D eigenvalue weighted by Gasteiger charge is -2.32. The maximum atomic E-state index is 12.1. The molecule has 0 saturated carbocycles. The maximum Gasteiger partial charge on any atom is 0.514 e. The molecule has 140 valence electrons. The Balaban J connectivity index is 2.00. The smallest absolute Gasteiger partial charge is 0.444 e. The van der Waals surface area contributed by atoms with E-state index >= 15 is 0 Å². The van der Waals surface area contributed by atoms with Gasteiger partial charge in [0.25, 0.3) is 0 Å². The van der Waals surface area contributed by atoms with Crippen LogP contribution in [0.25, 0.3) is 0 Å². The van der Waals surface area contributed by atoms with Gasteiger partial charge >= 0.3 is 13.2 Å². The Morgan fingerprint density at radius 1 is 1.28 bits per heavy atom. The summed E-state index contributed by atoms with van der Waals surface area (Å²) in [6.07, 6.45) is 1.37. The fourth-order valence-electron chi connectivity index (χ4n) is 2.37. The van der Waals surface area contributed by atoms with Crippen molar-refractivity contribution in [2.24, 2.45) is 0 Å². The van der Waals surface area contributed by atoms with Crippen molar-refractivity contribution in [3.05, 3.63) is 12.3 Å². The molecular weight excluding hydrogens is 321 g/mol. The van der Waals surface area contributed by atoms with Crippen LogP contribution in [0, 0.1) is 0 Å². The highest BCUT2D eigenvalue weighted by Gasteiger charge is 2.52. The Labute approximate surface area is 150 Å². The Kier molecular flexibility index (Phi) is 5.26. The normalized spacial score (nSPS) is 19.1. The zero-order valence-electron chi connectivity index (χ0n) is 16.6. The van der Waals surface area contributed by atoms with E-state index in [2.05, 4.69) is 5.10 Å². The van der Waals surface area contributed by atoms with E-state index in [1.165, 1.54) is 0 Å². The Bertz CT molecular complexity index is 606. The number of carbonyl (C=O) groups is 1. The van der Waals surface area contributed by atoms with Crippen LogP contribution < -0.4 is 5.59 Å². The first-order chi connectivity index (χ1) is 11.3. The van der Waals surface area contributed by atoms with Gasteiger partial charge in [0.2, 0.25) is 0 Å². The van der Waals surface area contributed by atoms with E-state index < -0.39 is 23.9 Å². The predicted molar refractivity (Wildman–Crippen MR) is 96.8 cm³/mol. The van der Waals surface area contributed by atoms with Crippen molar-refractivity contribution >= 4 is 18.8 Å². The zero-order valence-corrected chi connectivity index (χ0v) is 16.6. The van der Waals surface area contributed by atoms with E-state index in [0.29, 0.717) is 13.1 Å². The van der Waals surface area contributed by atoms with E-state index in [1.807, 2.05) is 59.2 Å². The summed E-state index contributed by atoms with van der Waals surface area (Å²) in [5.41, 5.74) is -0.471. The molecule has 0 aliphatic carbocycles. The lowest BCUT2D eigenvalue weighted by atomic mass is 9.84. The monoisotopic (exact) mass is 351 g/mol. The molecule has 1 aliphatic heterocycles. The van der Waals surface area contributed by atoms with Crippen molar-refractivity contribution in [2.75, 3.05) is 13.6 Å². The lowest BCUT2D eigenvalue weighted by Crippen LogP contribution is -2.42. The molecule has 25 heavy (non-hydrogen) atoms. The van der Waals surface area contributed by atoms with Crippen LogP contribution >= 0.6 is 0 Å². The molecule has 1 fully saturated rings. The van der Waals surface area contributed by atoms with E-state index in [9.17, 15) is 4.79 Å². The molecule has 2 heterocycles. The number of aromatic nitrogens is 2. The minimum atomic E-state index is -0.509. The summed E-state index contributed by atoms with van der Waals surface area (Å²) in [5.74, 6) is 0. The van der Waals surface area contributed by atoms with Crippen LogP contribution in [0.3, 0.4) is 0 Å². The summed E-state index contributed by atoms with van der Waals surface area (Å²) in [7, 11) is 1.24. The highest BCUT2D eigenvalue weighted by Crippen LogP contribution is 2.36. The number of rotatable bonds is 4. The van der Waals surface area contributed by atoms with Gasteiger partial charge in [-0.15, -0.1) is 0 Å². The van der Waals surface area contributed by atoms with E-state index in [-0.39, 0.29) is 6.09 Å². The predicted octanol–water partition coefficient (Wildman–Crippen LogP) is 2.05. The molecule has 0 N–H and O–H groups in total. The van der Waals surface area contributed by atoms with Gasteiger partial charge in [0.1, 0.15) is 5.60 Å². The molecule has 0 bridgehead atoms. The molecule has 1 saturated heterocycles. The first-order valence-electron chi connectivity index (χ1n) is 8.64. The molecule has 1 aliphatic rings. The minimum Gasteiger partial charge on any atom is -0.444 e. The average Bonchev–Trinajstić information content (AvgIpc) is 2.96. The summed E-state index contributed by atoms with van der Waals surface area (Å²) in [6, 6.07) is 1.88. The van der Waals surface area contributed by atoms with Crippen molar-refractivity contribution in [1.29, 1.82) is 0 Å². The van der Waals surface area contributed by atoms with E-state index in [4.69, 9.17) is 14.0 Å². The van der Waals surface area contributed by atoms with Gasteiger partial charge in [-0.1, -0.05) is 0 Å². The van der Waals surface area contributed by atoms with Crippen molar-refractivity contribution in [1.82, 2.24) is 14.7 Å². The van der Waals surface area contributed by atoms with Crippen LogP contribution in [0.2, 0.25) is 0 Å². The Morgan fingerprint density at radius 3 is 2.36 bits per heavy atom. The quantitative estimate of drug-likeness (QED) is 0.777. The Hall–Kier alpha value is -1.54. The van der Waals surface area contributed by atoms with Gasteiger partial charge in [-0.25, -0.2) is 4.79 Å². The van der Waals surface area contributed by atoms with Gasteiger partial charge in [0, 0.05) is 19.8 Å². The van der Waals surface area contributed by atoms with E-state index in [1.54, 1.807) is 18.1 Å². The average molecular weight is 351 g/mol. The van der Waals surface area contributed by atoms with Crippen molar-refractivity contribution in [3.63, 3.8) is 0 Å². The second kappa shape index (κ2) is 6.65. The third-order valence-corrected chi connectivity index (χ3v) is 4.60. The van der Waals surface area contributed by atoms with Crippen LogP contribution in [-0.4, -0.2) is 58.3 Å². The number of hydrogen-bond donors (Lipinski definition) is 0. The molecule has 1 amide bonds. The maximum absolute atomic E-state index is 12.1. The van der Waals surface area contributed by atoms with Gasteiger partial charge in [0.15, 0.2) is 0 Å². The fraction of sp³-hybridized carbons (Fsp3) is 0.765. The molecule has 8 heteroatoms. The summed E-state index contributed by atoms with van der Waals surface area (Å²) in [5, 5.41) is 4.34. The summed E-state index contributed by atoms with van der Waals surface area (Å²) in [6.45, 7) is 14.6. The molecule has 1 aromatic heterocycles. The molecule has 7 nitrogen and oxygen atoms in total. The zero-order chi connectivity index (χ0) is 19.0. The third-order valence-electron chi connectivity index (χ3n) is 4.60. The lowest BCUT2D eigenvalue weighted by molar-refractivity contribution is 0.00578. The molecular formula is C17H30BN3O4. The summed E-state index contributed by atoms with van der Waals surface area (Å²) in [4.78, 5) is 13.6. The second-order valence-corrected chi connectivity index (χ2v) is 8.47. The first-order valence-corrected chi connectivity index (χ1v) is 8.64. The SMILES string of the molecule is CN(CCn1nccc1B1OC(C)(C)C(C)(C)O1)C(=O)OC(C)(C)C. The molecule has 0 radical (unpaired) electrons. The van der Waals surface area contributed by atoms with Gasteiger partial charge in [-0.3, -0.25) is 4.68 Å². The van der Waals surface area contributed by atoms with Crippen LogP contribution in [0.5, 0.6) is 0 Å². The summed E-state index contributed by atoms with van der Waals surface area (Å²) < 4.78 is 19.3. The molecule has 1 aromatic rings. The highest BCUT2D eigenvalue weighted by molar-refractivity contribution is 6.61. The molecule has 0 spiro atoms. The Morgan fingerprint density at radius 2 is 1.84 bits per heavy atom. The number of amides is 1. The fourth-order valence-corrected chi connectivity index (χ4v) is 2.37. The number of ether oxygens (including phenoxy) is 1. The van der Waals surface area contributed by atoms with Gasteiger partial charge < -0.3 is 18.9 Å². The van der Waals surface area contributed by atoms with Crippen LogP contribution in [0.4, 0.5) is 4.79 Å². The van der Waals surface area contributed by atoms with Gasteiger partial charge in [-0.2, -0.15) is 5.10 Å². The van der Waals surface area contributed by atoms with Crippen LogP contribution in [0.15, 0.2) is 12.3 Å². The minimum absolute atomic E-state index is 0.350. The van der Waals surface area contributed by atoms with Gasteiger partial charge in [-0.05, 0) is 54.5 Å². The van der Waals surface area contributed by atoms with Crippen molar-refractivity contribution < 1.29 is 18.8 Å².